The summed E-state index contributed by atoms with van der Waals surface area (Å²) in [5.41, 5.74) is 4.64. The van der Waals surface area contributed by atoms with Crippen LogP contribution in [0.3, 0.4) is 0 Å². The second kappa shape index (κ2) is 8.51. The highest BCUT2D eigenvalue weighted by Gasteiger charge is 2.29. The van der Waals surface area contributed by atoms with E-state index in [1.54, 1.807) is 45.7 Å². The van der Waals surface area contributed by atoms with Crippen LogP contribution in [0.1, 0.15) is 31.0 Å². The highest BCUT2D eigenvalue weighted by molar-refractivity contribution is 7.89. The van der Waals surface area contributed by atoms with Crippen molar-refractivity contribution in [2.45, 2.75) is 37.6 Å². The zero-order chi connectivity index (χ0) is 20.4. The average molecular weight is 435 g/mol. The Bertz CT molecular complexity index is 976. The summed E-state index contributed by atoms with van der Waals surface area (Å²) in [6, 6.07) is 5.19. The van der Waals surface area contributed by atoms with Gasteiger partial charge in [-0.15, -0.1) is 11.3 Å². The number of carbonyl (C=O) groups is 1. The van der Waals surface area contributed by atoms with Crippen molar-refractivity contribution in [2.24, 2.45) is 0 Å². The molecule has 156 valence electrons. The van der Waals surface area contributed by atoms with Gasteiger partial charge in [-0.05, 0) is 49.6 Å². The van der Waals surface area contributed by atoms with Crippen LogP contribution in [0.25, 0.3) is 0 Å². The lowest BCUT2D eigenvalue weighted by atomic mass is 10.0. The molecule has 0 atom stereocenters. The molecule has 4 rings (SSSR count). The minimum absolute atomic E-state index is 0.00530. The van der Waals surface area contributed by atoms with E-state index < -0.39 is 10.0 Å². The zero-order valence-electron chi connectivity index (χ0n) is 16.6. The van der Waals surface area contributed by atoms with Gasteiger partial charge in [0.2, 0.25) is 15.9 Å². The van der Waals surface area contributed by atoms with Gasteiger partial charge in [0.1, 0.15) is 0 Å². The van der Waals surface area contributed by atoms with Crippen LogP contribution in [-0.2, 0) is 27.8 Å². The highest BCUT2D eigenvalue weighted by Crippen LogP contribution is 2.30. The van der Waals surface area contributed by atoms with E-state index in [0.29, 0.717) is 31.1 Å². The molecule has 2 aromatic rings. The van der Waals surface area contributed by atoms with Crippen molar-refractivity contribution < 1.29 is 13.2 Å². The van der Waals surface area contributed by atoms with Crippen molar-refractivity contribution in [1.82, 2.24) is 14.2 Å². The largest absolute Gasteiger partial charge is 0.312 e. The van der Waals surface area contributed by atoms with Crippen LogP contribution < -0.4 is 4.90 Å². The Morgan fingerprint density at radius 3 is 2.76 bits per heavy atom. The summed E-state index contributed by atoms with van der Waals surface area (Å²) < 4.78 is 28.2. The third-order valence-electron chi connectivity index (χ3n) is 5.60. The fourth-order valence-electron chi connectivity index (χ4n) is 4.10. The molecule has 7 nitrogen and oxygen atoms in total. The Balaban J connectivity index is 1.50. The van der Waals surface area contributed by atoms with Crippen molar-refractivity contribution in [3.8, 4) is 0 Å². The normalized spacial score (nSPS) is 19.0. The number of carbonyl (C=O) groups excluding carboxylic acids is 1. The molecule has 1 saturated heterocycles. The summed E-state index contributed by atoms with van der Waals surface area (Å²) in [5.74, 6) is -0.00530. The molecule has 29 heavy (non-hydrogen) atoms. The highest BCUT2D eigenvalue weighted by atomic mass is 32.2. The summed E-state index contributed by atoms with van der Waals surface area (Å²) in [6.45, 7) is 5.55. The first-order chi connectivity index (χ1) is 13.9. The standard InChI is InChI=1S/C20H26N4O3S2/c1-16(25)24-9-2-4-17-12-19(5-6-20(17)24)29(26,27)23-8-3-7-22(10-11-23)13-18-14-28-15-21-18/h5-6,12,14-15H,2-4,7-11,13H2,1H3. The van der Waals surface area contributed by atoms with E-state index in [2.05, 4.69) is 9.88 Å². The van der Waals surface area contributed by atoms with Crippen LogP contribution in [0, 0.1) is 0 Å². The zero-order valence-corrected chi connectivity index (χ0v) is 18.2. The molecule has 9 heteroatoms. The molecule has 2 aliphatic heterocycles. The molecule has 0 aliphatic carbocycles. The van der Waals surface area contributed by atoms with Gasteiger partial charge in [-0.2, -0.15) is 4.31 Å². The van der Waals surface area contributed by atoms with Gasteiger partial charge in [0, 0.05) is 50.7 Å². The molecule has 0 N–H and O–H groups in total. The van der Waals surface area contributed by atoms with Gasteiger partial charge in [0.15, 0.2) is 0 Å². The van der Waals surface area contributed by atoms with Crippen molar-refractivity contribution >= 4 is 33.0 Å². The van der Waals surface area contributed by atoms with E-state index >= 15 is 0 Å². The second-order valence-electron chi connectivity index (χ2n) is 7.58. The number of thiazole rings is 1. The molecule has 0 saturated carbocycles. The van der Waals surface area contributed by atoms with Gasteiger partial charge in [-0.25, -0.2) is 13.4 Å². The average Bonchev–Trinajstić information content (AvgIpc) is 3.10. The van der Waals surface area contributed by atoms with E-state index in [9.17, 15) is 13.2 Å². The minimum atomic E-state index is -3.55. The molecular weight excluding hydrogens is 408 g/mol. The smallest absolute Gasteiger partial charge is 0.243 e. The van der Waals surface area contributed by atoms with E-state index in [4.69, 9.17) is 0 Å². The molecule has 1 amide bonds. The lowest BCUT2D eigenvalue weighted by Gasteiger charge is -2.29. The lowest BCUT2D eigenvalue weighted by Crippen LogP contribution is -2.36. The number of rotatable bonds is 4. The van der Waals surface area contributed by atoms with Gasteiger partial charge < -0.3 is 4.90 Å². The van der Waals surface area contributed by atoms with Crippen molar-refractivity contribution in [3.05, 3.63) is 40.3 Å². The summed E-state index contributed by atoms with van der Waals surface area (Å²) in [5, 5.41) is 2.04. The monoisotopic (exact) mass is 434 g/mol. The minimum Gasteiger partial charge on any atom is -0.312 e. The Morgan fingerprint density at radius 2 is 2.00 bits per heavy atom. The van der Waals surface area contributed by atoms with Gasteiger partial charge in [-0.3, -0.25) is 9.69 Å². The van der Waals surface area contributed by atoms with E-state index in [-0.39, 0.29) is 5.91 Å². The lowest BCUT2D eigenvalue weighted by molar-refractivity contribution is -0.116. The number of anilines is 1. The molecule has 1 fully saturated rings. The molecule has 1 aromatic carbocycles. The topological polar surface area (TPSA) is 73.8 Å². The number of benzene rings is 1. The molecule has 0 bridgehead atoms. The first kappa shape index (κ1) is 20.5. The fourth-order valence-corrected chi connectivity index (χ4v) is 6.17. The van der Waals surface area contributed by atoms with Gasteiger partial charge >= 0.3 is 0 Å². The molecule has 3 heterocycles. The number of sulfonamides is 1. The fraction of sp³-hybridized carbons (Fsp3) is 0.500. The predicted octanol–water partition coefficient (Wildman–Crippen LogP) is 2.34. The molecule has 0 radical (unpaired) electrons. The third kappa shape index (κ3) is 4.37. The molecule has 0 spiro atoms. The van der Waals surface area contributed by atoms with Gasteiger partial charge in [-0.1, -0.05) is 0 Å². The SMILES string of the molecule is CC(=O)N1CCCc2cc(S(=O)(=O)N3CCCN(Cc4cscn4)CC3)ccc21. The maximum atomic E-state index is 13.3. The van der Waals surface area contributed by atoms with Crippen LogP contribution in [-0.4, -0.2) is 61.2 Å². The maximum Gasteiger partial charge on any atom is 0.243 e. The molecule has 0 unspecified atom stereocenters. The number of aromatic nitrogens is 1. The molecule has 2 aliphatic rings. The van der Waals surface area contributed by atoms with Crippen molar-refractivity contribution in [1.29, 1.82) is 0 Å². The second-order valence-corrected chi connectivity index (χ2v) is 10.2. The Morgan fingerprint density at radius 1 is 1.14 bits per heavy atom. The summed E-state index contributed by atoms with van der Waals surface area (Å²) in [4.78, 5) is 20.5. The quantitative estimate of drug-likeness (QED) is 0.739. The molecular formula is C20H26N4O3S2. The van der Waals surface area contributed by atoms with Crippen LogP contribution in [0.15, 0.2) is 34.0 Å². The Hall–Kier alpha value is -1.81. The maximum absolute atomic E-state index is 13.3. The van der Waals surface area contributed by atoms with Crippen LogP contribution in [0.2, 0.25) is 0 Å². The molecule has 1 aromatic heterocycles. The van der Waals surface area contributed by atoms with E-state index in [1.807, 2.05) is 10.9 Å². The van der Waals surface area contributed by atoms with Crippen LogP contribution in [0.5, 0.6) is 0 Å². The number of hydrogen-bond donors (Lipinski definition) is 0. The van der Waals surface area contributed by atoms with Crippen LogP contribution >= 0.6 is 11.3 Å². The van der Waals surface area contributed by atoms with E-state index in [1.165, 1.54) is 0 Å². The summed E-state index contributed by atoms with van der Waals surface area (Å²) in [7, 11) is -3.55. The number of amides is 1. The van der Waals surface area contributed by atoms with Crippen molar-refractivity contribution in [3.63, 3.8) is 0 Å². The van der Waals surface area contributed by atoms with E-state index in [0.717, 1.165) is 49.3 Å². The summed E-state index contributed by atoms with van der Waals surface area (Å²) >= 11 is 1.58. The summed E-state index contributed by atoms with van der Waals surface area (Å²) in [6.07, 6.45) is 2.45. The predicted molar refractivity (Wildman–Crippen MR) is 114 cm³/mol. The number of aryl methyl sites for hydroxylation is 1. The van der Waals surface area contributed by atoms with Gasteiger partial charge in [0.25, 0.3) is 0 Å². The van der Waals surface area contributed by atoms with Gasteiger partial charge in [0.05, 0.1) is 16.1 Å². The third-order valence-corrected chi connectivity index (χ3v) is 8.13. The first-order valence-corrected chi connectivity index (χ1v) is 12.3. The first-order valence-electron chi connectivity index (χ1n) is 9.96. The van der Waals surface area contributed by atoms with Crippen molar-refractivity contribution in [2.75, 3.05) is 37.6 Å². The number of hydrogen-bond acceptors (Lipinski definition) is 6. The number of fused-ring (bicyclic) bond motifs is 1. The van der Waals surface area contributed by atoms with Crippen LogP contribution in [0.4, 0.5) is 5.69 Å². The Labute approximate surface area is 176 Å². The number of nitrogens with zero attached hydrogens (tertiary/aromatic N) is 4. The Kier molecular flexibility index (Phi) is 6.00.